The third-order valence-corrected chi connectivity index (χ3v) is 7.30. The van der Waals surface area contributed by atoms with Crippen LogP contribution in [0.5, 0.6) is 0 Å². The third kappa shape index (κ3) is 5.75. The highest BCUT2D eigenvalue weighted by Crippen LogP contribution is 2.43. The lowest BCUT2D eigenvalue weighted by Gasteiger charge is -2.49. The maximum atomic E-state index is 13.6. The molecule has 3 heterocycles. The fourth-order valence-corrected chi connectivity index (χ4v) is 5.39. The predicted molar refractivity (Wildman–Crippen MR) is 131 cm³/mol. The molecule has 0 amide bonds. The Morgan fingerprint density at radius 2 is 1.82 bits per heavy atom. The highest BCUT2D eigenvalue weighted by atomic mass is 19.4. The van der Waals surface area contributed by atoms with E-state index in [1.165, 1.54) is 24.3 Å². The number of alkyl halides is 3. The van der Waals surface area contributed by atoms with E-state index in [1.807, 2.05) is 19.0 Å². The number of H-pyrrole nitrogens is 1. The number of ether oxygens (including phenoxy) is 2. The van der Waals surface area contributed by atoms with Gasteiger partial charge in [0.1, 0.15) is 11.5 Å². The van der Waals surface area contributed by atoms with Gasteiger partial charge in [-0.25, -0.2) is 4.39 Å². The zero-order chi connectivity index (χ0) is 26.9. The van der Waals surface area contributed by atoms with Crippen LogP contribution in [0.2, 0.25) is 0 Å². The monoisotopic (exact) mass is 533 g/mol. The fraction of sp³-hybridized carbons (Fsp3) is 0.481. The molecule has 38 heavy (non-hydrogen) atoms. The zero-order valence-corrected chi connectivity index (χ0v) is 21.3. The largest absolute Gasteiger partial charge is 0.416 e. The molecule has 11 heteroatoms. The molecule has 1 spiro atoms. The molecule has 0 bridgehead atoms. The Kier molecular flexibility index (Phi) is 7.54. The van der Waals surface area contributed by atoms with E-state index < -0.39 is 17.5 Å². The van der Waals surface area contributed by atoms with Crippen molar-refractivity contribution in [3.05, 3.63) is 82.4 Å². The summed E-state index contributed by atoms with van der Waals surface area (Å²) in [6.45, 7) is 1.89. The summed E-state index contributed by atoms with van der Waals surface area (Å²) < 4.78 is 67.0. The van der Waals surface area contributed by atoms with Crippen LogP contribution in [0.4, 0.5) is 17.6 Å². The van der Waals surface area contributed by atoms with Gasteiger partial charge in [0.2, 0.25) is 0 Å². The second-order valence-corrected chi connectivity index (χ2v) is 10.3. The van der Waals surface area contributed by atoms with Crippen LogP contribution in [0.25, 0.3) is 0 Å². The van der Waals surface area contributed by atoms with Crippen molar-refractivity contribution in [1.82, 2.24) is 25.2 Å². The van der Waals surface area contributed by atoms with Crippen molar-refractivity contribution in [3.8, 4) is 0 Å². The Morgan fingerprint density at radius 3 is 2.50 bits per heavy atom. The molecule has 2 aliphatic heterocycles. The second-order valence-electron chi connectivity index (χ2n) is 10.3. The molecule has 2 saturated heterocycles. The number of rotatable bonds is 6. The number of aromatic nitrogens is 3. The lowest BCUT2D eigenvalue weighted by atomic mass is 9.86. The summed E-state index contributed by atoms with van der Waals surface area (Å²) in [5.41, 5.74) is 2.21. The number of nitrogens with zero attached hydrogens (tertiary/aromatic N) is 4. The van der Waals surface area contributed by atoms with Gasteiger partial charge in [0.25, 0.3) is 0 Å². The van der Waals surface area contributed by atoms with Crippen molar-refractivity contribution in [2.75, 3.05) is 33.9 Å². The minimum absolute atomic E-state index is 0.123. The first-order chi connectivity index (χ1) is 18.1. The van der Waals surface area contributed by atoms with Gasteiger partial charge < -0.3 is 14.4 Å². The smallest absolute Gasteiger partial charge is 0.348 e. The maximum absolute atomic E-state index is 13.6. The van der Waals surface area contributed by atoms with Crippen molar-refractivity contribution in [1.29, 1.82) is 0 Å². The van der Waals surface area contributed by atoms with Crippen LogP contribution in [0.1, 0.15) is 52.9 Å². The van der Waals surface area contributed by atoms with Crippen molar-refractivity contribution >= 4 is 0 Å². The Labute approximate surface area is 218 Å². The normalized spacial score (nSPS) is 24.8. The van der Waals surface area contributed by atoms with E-state index in [9.17, 15) is 17.6 Å². The fourth-order valence-electron chi connectivity index (χ4n) is 5.39. The minimum atomic E-state index is -4.42. The Morgan fingerprint density at radius 1 is 1.08 bits per heavy atom. The SMILES string of the molecule is CN(C)Cc1[nH]nnc1CN1CC2(CC[C@@H](c3ccccc3C(F)(F)F)CO2)OC[C@@H]1c1ccc(F)cc1. The van der Waals surface area contributed by atoms with Crippen molar-refractivity contribution in [3.63, 3.8) is 0 Å². The molecule has 7 nitrogen and oxygen atoms in total. The molecule has 1 aromatic heterocycles. The van der Waals surface area contributed by atoms with Crippen molar-refractivity contribution in [2.45, 2.75) is 49.9 Å². The van der Waals surface area contributed by atoms with Crippen LogP contribution in [-0.4, -0.2) is 64.9 Å². The predicted octanol–water partition coefficient (Wildman–Crippen LogP) is 4.89. The van der Waals surface area contributed by atoms with Gasteiger partial charge in [-0.2, -0.15) is 13.2 Å². The Hall–Kier alpha value is -2.86. The van der Waals surface area contributed by atoms with E-state index in [4.69, 9.17) is 9.47 Å². The first-order valence-corrected chi connectivity index (χ1v) is 12.6. The van der Waals surface area contributed by atoms with Gasteiger partial charge in [-0.1, -0.05) is 35.5 Å². The van der Waals surface area contributed by atoms with Gasteiger partial charge in [0.15, 0.2) is 5.79 Å². The molecule has 0 saturated carbocycles. The van der Waals surface area contributed by atoms with Gasteiger partial charge >= 0.3 is 6.18 Å². The number of hydrogen-bond donors (Lipinski definition) is 1. The molecule has 2 aliphatic rings. The summed E-state index contributed by atoms with van der Waals surface area (Å²) in [6, 6.07) is 11.8. The van der Waals surface area contributed by atoms with Gasteiger partial charge in [-0.3, -0.25) is 10.00 Å². The third-order valence-electron chi connectivity index (χ3n) is 7.30. The number of morpholine rings is 1. The number of benzene rings is 2. The number of nitrogens with one attached hydrogen (secondary N) is 1. The standard InChI is InChI=1S/C27H31F4N5O2/c1-35(2)13-23-24(33-34-32-23)14-36-17-26(38-16-25(36)18-7-9-20(28)10-8-18)12-11-19(15-37-26)21-5-3-4-6-22(21)27(29,30)31/h3-10,19,25H,11-17H2,1-2H3,(H,32,33,34)/t19-,25-,26?/m1/s1. The first kappa shape index (κ1) is 26.7. The second kappa shape index (κ2) is 10.7. The summed E-state index contributed by atoms with van der Waals surface area (Å²) in [5, 5.41) is 11.3. The molecular weight excluding hydrogens is 502 g/mol. The molecule has 0 radical (unpaired) electrons. The molecule has 3 atom stereocenters. The summed E-state index contributed by atoms with van der Waals surface area (Å²) in [5.74, 6) is -1.65. The molecule has 1 unspecified atom stereocenters. The van der Waals surface area contributed by atoms with Crippen LogP contribution < -0.4 is 0 Å². The Balaban J connectivity index is 1.36. The number of aromatic amines is 1. The van der Waals surface area contributed by atoms with Crippen LogP contribution in [0.15, 0.2) is 48.5 Å². The van der Waals surface area contributed by atoms with E-state index in [1.54, 1.807) is 18.2 Å². The van der Waals surface area contributed by atoms with Crippen LogP contribution in [-0.2, 0) is 28.7 Å². The average Bonchev–Trinajstić information content (AvgIpc) is 3.30. The van der Waals surface area contributed by atoms with E-state index in [2.05, 4.69) is 20.3 Å². The van der Waals surface area contributed by atoms with Gasteiger partial charge in [-0.05, 0) is 49.8 Å². The highest BCUT2D eigenvalue weighted by molar-refractivity contribution is 5.33. The molecule has 2 fully saturated rings. The minimum Gasteiger partial charge on any atom is -0.348 e. The summed E-state index contributed by atoms with van der Waals surface area (Å²) in [4.78, 5) is 4.19. The van der Waals surface area contributed by atoms with E-state index >= 15 is 0 Å². The van der Waals surface area contributed by atoms with Crippen LogP contribution in [0.3, 0.4) is 0 Å². The van der Waals surface area contributed by atoms with Gasteiger partial charge in [0.05, 0.1) is 37.1 Å². The average molecular weight is 534 g/mol. The van der Waals surface area contributed by atoms with Gasteiger partial charge in [0, 0.05) is 25.4 Å². The quantitative estimate of drug-likeness (QED) is 0.456. The topological polar surface area (TPSA) is 66.5 Å². The van der Waals surface area contributed by atoms with Crippen LogP contribution in [0, 0.1) is 5.82 Å². The number of hydrogen-bond acceptors (Lipinski definition) is 6. The molecule has 1 N–H and O–H groups in total. The molecule has 5 rings (SSSR count). The molecule has 2 aromatic carbocycles. The van der Waals surface area contributed by atoms with E-state index in [0.29, 0.717) is 32.5 Å². The maximum Gasteiger partial charge on any atom is 0.416 e. The summed E-state index contributed by atoms with van der Waals surface area (Å²) in [6.07, 6.45) is -3.48. The van der Waals surface area contributed by atoms with Crippen molar-refractivity contribution in [2.24, 2.45) is 0 Å². The summed E-state index contributed by atoms with van der Waals surface area (Å²) >= 11 is 0. The molecule has 0 aliphatic carbocycles. The highest BCUT2D eigenvalue weighted by Gasteiger charge is 2.46. The van der Waals surface area contributed by atoms with Crippen LogP contribution >= 0.6 is 0 Å². The summed E-state index contributed by atoms with van der Waals surface area (Å²) in [7, 11) is 3.91. The van der Waals surface area contributed by atoms with E-state index in [-0.39, 0.29) is 36.6 Å². The Bertz CT molecular complexity index is 1220. The molecular formula is C27H31F4N5O2. The lowest BCUT2D eigenvalue weighted by molar-refractivity contribution is -0.297. The first-order valence-electron chi connectivity index (χ1n) is 12.6. The van der Waals surface area contributed by atoms with E-state index in [0.717, 1.165) is 23.0 Å². The molecule has 3 aromatic rings. The molecule has 204 valence electrons. The van der Waals surface area contributed by atoms with Crippen molar-refractivity contribution < 1.29 is 27.0 Å². The lowest BCUT2D eigenvalue weighted by Crippen LogP contribution is -2.56. The van der Waals surface area contributed by atoms with Gasteiger partial charge in [-0.15, -0.1) is 5.10 Å². The zero-order valence-electron chi connectivity index (χ0n) is 21.3. The number of halogens is 4.